The second-order valence-corrected chi connectivity index (χ2v) is 9.46. The van der Waals surface area contributed by atoms with Gasteiger partial charge in [0.05, 0.1) is 12.0 Å². The molecule has 3 aromatic rings. The van der Waals surface area contributed by atoms with Crippen LogP contribution in [0.15, 0.2) is 66.9 Å². The van der Waals surface area contributed by atoms with Crippen LogP contribution in [0, 0.1) is 5.92 Å². The highest BCUT2D eigenvalue weighted by Crippen LogP contribution is 2.44. The van der Waals surface area contributed by atoms with Crippen molar-refractivity contribution in [3.63, 3.8) is 0 Å². The van der Waals surface area contributed by atoms with E-state index in [9.17, 15) is 28.3 Å². The van der Waals surface area contributed by atoms with Gasteiger partial charge in [-0.3, -0.25) is 4.79 Å². The molecule has 2 aliphatic heterocycles. The van der Waals surface area contributed by atoms with Crippen LogP contribution < -0.4 is 20.5 Å². The SMILES string of the molecule is C[C@@H](NC(=O)N1C(=O)[C@H](Cc2ccnc(N)c2)[C@@]1(Cc1ccccc1)C(=O)O)c1ccc2c(c1)OC(F)(F)O2. The van der Waals surface area contributed by atoms with Crippen LogP contribution in [0.2, 0.25) is 0 Å². The highest BCUT2D eigenvalue weighted by atomic mass is 19.3. The molecule has 1 aromatic heterocycles. The highest BCUT2D eigenvalue weighted by molar-refractivity contribution is 6.10. The number of rotatable bonds is 7. The molecule has 202 valence electrons. The van der Waals surface area contributed by atoms with Crippen LogP contribution in [0.25, 0.3) is 0 Å². The number of anilines is 1. The Labute approximate surface area is 221 Å². The summed E-state index contributed by atoms with van der Waals surface area (Å²) in [7, 11) is 0. The van der Waals surface area contributed by atoms with Gasteiger partial charge in [-0.15, -0.1) is 8.78 Å². The summed E-state index contributed by atoms with van der Waals surface area (Å²) in [5.41, 5.74) is 5.48. The number of urea groups is 1. The maximum absolute atomic E-state index is 13.4. The molecule has 0 spiro atoms. The number of hydrogen-bond donors (Lipinski definition) is 3. The van der Waals surface area contributed by atoms with Crippen LogP contribution in [0.3, 0.4) is 0 Å². The third kappa shape index (κ3) is 4.69. The molecule has 3 heterocycles. The molecule has 1 fully saturated rings. The van der Waals surface area contributed by atoms with Gasteiger partial charge in [0.1, 0.15) is 5.82 Å². The van der Waals surface area contributed by atoms with Gasteiger partial charge >= 0.3 is 18.3 Å². The minimum Gasteiger partial charge on any atom is -0.479 e. The minimum atomic E-state index is -3.80. The fourth-order valence-corrected chi connectivity index (χ4v) is 5.04. The van der Waals surface area contributed by atoms with Gasteiger partial charge in [-0.05, 0) is 54.3 Å². The van der Waals surface area contributed by atoms with Crippen molar-refractivity contribution in [1.29, 1.82) is 0 Å². The maximum atomic E-state index is 13.4. The highest BCUT2D eigenvalue weighted by Gasteiger charge is 2.67. The van der Waals surface area contributed by atoms with E-state index in [0.29, 0.717) is 16.7 Å². The molecule has 4 N–H and O–H groups in total. The summed E-state index contributed by atoms with van der Waals surface area (Å²) in [4.78, 5) is 44.4. The third-order valence-corrected chi connectivity index (χ3v) is 6.93. The third-order valence-electron chi connectivity index (χ3n) is 6.93. The molecular weight excluding hydrogens is 514 g/mol. The lowest BCUT2D eigenvalue weighted by atomic mass is 9.67. The fourth-order valence-electron chi connectivity index (χ4n) is 5.04. The number of nitrogen functional groups attached to an aromatic ring is 1. The molecule has 39 heavy (non-hydrogen) atoms. The first-order valence-corrected chi connectivity index (χ1v) is 12.0. The predicted octanol–water partition coefficient (Wildman–Crippen LogP) is 3.52. The van der Waals surface area contributed by atoms with Crippen molar-refractivity contribution in [3.8, 4) is 11.5 Å². The number of hydrogen-bond acceptors (Lipinski definition) is 7. The minimum absolute atomic E-state index is 0.0282. The Bertz CT molecular complexity index is 1450. The zero-order chi connectivity index (χ0) is 27.9. The summed E-state index contributed by atoms with van der Waals surface area (Å²) >= 11 is 0. The molecule has 0 bridgehead atoms. The van der Waals surface area contributed by atoms with Crippen LogP contribution in [0.1, 0.15) is 29.7 Å². The molecule has 2 aromatic carbocycles. The number of carbonyl (C=O) groups excluding carboxylic acids is 2. The molecule has 0 saturated carbocycles. The number of benzene rings is 2. The summed E-state index contributed by atoms with van der Waals surface area (Å²) in [5.74, 6) is -3.23. The Morgan fingerprint density at radius 2 is 1.82 bits per heavy atom. The average molecular weight is 539 g/mol. The molecule has 0 radical (unpaired) electrons. The van der Waals surface area contributed by atoms with E-state index in [1.807, 2.05) is 0 Å². The molecule has 2 aliphatic rings. The van der Waals surface area contributed by atoms with E-state index in [0.717, 1.165) is 4.90 Å². The van der Waals surface area contributed by atoms with Gasteiger partial charge in [0.2, 0.25) is 5.91 Å². The number of alkyl halides is 2. The molecule has 3 atom stereocenters. The Kier molecular flexibility index (Phi) is 6.33. The summed E-state index contributed by atoms with van der Waals surface area (Å²) in [6.45, 7) is 1.56. The standard InChI is InChI=1S/C27H24F2N4O6/c1-15(18-7-8-20-21(13-18)39-27(28,29)38-20)32-25(37)33-23(34)19(11-17-9-10-31-22(30)12-17)26(33,24(35)36)14-16-5-3-2-4-6-16/h2-10,12-13,15,19H,11,14H2,1H3,(H2,30,31)(H,32,37)(H,35,36)/t15-,19+,26+/m1/s1. The number of likely N-dealkylation sites (tertiary alicyclic amines) is 1. The van der Waals surface area contributed by atoms with Crippen LogP contribution in [-0.2, 0) is 22.4 Å². The molecule has 12 heteroatoms. The Morgan fingerprint density at radius 3 is 2.51 bits per heavy atom. The van der Waals surface area contributed by atoms with Gasteiger partial charge in [-0.25, -0.2) is 19.5 Å². The van der Waals surface area contributed by atoms with Crippen molar-refractivity contribution in [1.82, 2.24) is 15.2 Å². The van der Waals surface area contributed by atoms with Crippen LogP contribution in [0.5, 0.6) is 11.5 Å². The summed E-state index contributed by atoms with van der Waals surface area (Å²) in [6, 6.07) is 14.1. The van der Waals surface area contributed by atoms with Crippen molar-refractivity contribution in [2.75, 3.05) is 5.73 Å². The van der Waals surface area contributed by atoms with E-state index in [-0.39, 0.29) is 30.2 Å². The zero-order valence-corrected chi connectivity index (χ0v) is 20.6. The number of pyridine rings is 1. The monoisotopic (exact) mass is 538 g/mol. The van der Waals surface area contributed by atoms with Gasteiger partial charge in [-0.1, -0.05) is 36.4 Å². The number of ether oxygens (including phenoxy) is 2. The summed E-state index contributed by atoms with van der Waals surface area (Å²) < 4.78 is 35.7. The quantitative estimate of drug-likeness (QED) is 0.388. The van der Waals surface area contributed by atoms with E-state index < -0.39 is 41.7 Å². The van der Waals surface area contributed by atoms with Crippen molar-refractivity contribution >= 4 is 23.7 Å². The van der Waals surface area contributed by atoms with Crippen LogP contribution in [-0.4, -0.2) is 44.7 Å². The van der Waals surface area contributed by atoms with Gasteiger partial charge in [-0.2, -0.15) is 0 Å². The second-order valence-electron chi connectivity index (χ2n) is 9.46. The van der Waals surface area contributed by atoms with Crippen molar-refractivity contribution in [2.24, 2.45) is 5.92 Å². The normalized spacial score (nSPS) is 21.7. The number of aromatic nitrogens is 1. The smallest absolute Gasteiger partial charge is 0.479 e. The average Bonchev–Trinajstić information content (AvgIpc) is 3.20. The fraction of sp³-hybridized carbons (Fsp3) is 0.259. The zero-order valence-electron chi connectivity index (χ0n) is 20.6. The number of nitrogens with two attached hydrogens (primary N) is 1. The van der Waals surface area contributed by atoms with Gasteiger partial charge < -0.3 is 25.6 Å². The molecule has 10 nitrogen and oxygen atoms in total. The van der Waals surface area contributed by atoms with Crippen LogP contribution in [0.4, 0.5) is 19.4 Å². The van der Waals surface area contributed by atoms with E-state index in [2.05, 4.69) is 19.8 Å². The Morgan fingerprint density at radius 1 is 1.10 bits per heavy atom. The number of carbonyl (C=O) groups is 3. The molecule has 3 amide bonds. The Balaban J connectivity index is 1.43. The number of nitrogens with one attached hydrogen (secondary N) is 1. The number of aliphatic carboxylic acids is 1. The molecule has 0 unspecified atom stereocenters. The van der Waals surface area contributed by atoms with E-state index >= 15 is 0 Å². The summed E-state index contributed by atoms with van der Waals surface area (Å²) in [6.07, 6.45) is -2.44. The van der Waals surface area contributed by atoms with E-state index in [1.54, 1.807) is 49.4 Å². The molecule has 5 rings (SSSR count). The number of carboxylic acids is 1. The molecule has 0 aliphatic carbocycles. The van der Waals surface area contributed by atoms with E-state index in [1.165, 1.54) is 24.4 Å². The number of imide groups is 1. The first kappa shape index (κ1) is 25.9. The van der Waals surface area contributed by atoms with Gasteiger partial charge in [0.15, 0.2) is 17.0 Å². The Hall–Kier alpha value is -4.74. The number of amides is 3. The lowest BCUT2D eigenvalue weighted by molar-refractivity contribution is -0.286. The van der Waals surface area contributed by atoms with Crippen molar-refractivity contribution in [3.05, 3.63) is 83.6 Å². The van der Waals surface area contributed by atoms with Crippen LogP contribution >= 0.6 is 0 Å². The number of nitrogens with zero attached hydrogens (tertiary/aromatic N) is 2. The first-order valence-electron chi connectivity index (χ1n) is 12.0. The van der Waals surface area contributed by atoms with Gasteiger partial charge in [0, 0.05) is 12.6 Å². The maximum Gasteiger partial charge on any atom is 0.586 e. The summed E-state index contributed by atoms with van der Waals surface area (Å²) in [5, 5.41) is 13.1. The largest absolute Gasteiger partial charge is 0.586 e. The number of carboxylic acid groups (broad SMARTS) is 1. The van der Waals surface area contributed by atoms with Crippen molar-refractivity contribution in [2.45, 2.75) is 37.6 Å². The number of β-lactam (4-membered cyclic amide) rings is 1. The topological polar surface area (TPSA) is 144 Å². The van der Waals surface area contributed by atoms with Crippen molar-refractivity contribution < 1.29 is 37.7 Å². The molecule has 1 saturated heterocycles. The number of fused-ring (bicyclic) bond motifs is 1. The second kappa shape index (κ2) is 9.53. The first-order chi connectivity index (χ1) is 18.5. The number of halogens is 2. The molecular formula is C27H24F2N4O6. The predicted molar refractivity (Wildman–Crippen MR) is 133 cm³/mol. The van der Waals surface area contributed by atoms with Gasteiger partial charge in [0.25, 0.3) is 0 Å². The van der Waals surface area contributed by atoms with E-state index in [4.69, 9.17) is 5.73 Å². The lowest BCUT2D eigenvalue weighted by Gasteiger charge is -2.53. The lowest BCUT2D eigenvalue weighted by Crippen LogP contribution is -2.78.